The first-order chi connectivity index (χ1) is 7.84. The van der Waals surface area contributed by atoms with Crippen molar-refractivity contribution in [3.05, 3.63) is 24.3 Å². The molecule has 0 bridgehead atoms. The fraction of sp³-hybridized carbons (Fsp3) is 0.538. The fourth-order valence-electron chi connectivity index (χ4n) is 2.63. The smallest absolute Gasteiger partial charge is 0.161 e. The summed E-state index contributed by atoms with van der Waals surface area (Å²) in [5.74, 6) is 1.76. The number of benzene rings is 1. The van der Waals surface area contributed by atoms with Crippen LogP contribution >= 0.6 is 0 Å². The van der Waals surface area contributed by atoms with E-state index in [1.807, 2.05) is 24.3 Å². The van der Waals surface area contributed by atoms with Gasteiger partial charge in [-0.15, -0.1) is 0 Å². The minimum Gasteiger partial charge on any atom is -0.486 e. The second-order valence-electron chi connectivity index (χ2n) is 4.60. The van der Waals surface area contributed by atoms with Crippen LogP contribution in [-0.4, -0.2) is 37.2 Å². The minimum atomic E-state index is 0.183. The number of ether oxygens (including phenoxy) is 2. The number of para-hydroxylation sites is 2. The summed E-state index contributed by atoms with van der Waals surface area (Å²) in [5.41, 5.74) is 0. The molecule has 0 radical (unpaired) electrons. The Morgan fingerprint density at radius 3 is 2.81 bits per heavy atom. The van der Waals surface area contributed by atoms with E-state index in [0.717, 1.165) is 11.5 Å². The van der Waals surface area contributed by atoms with Crippen LogP contribution in [0.4, 0.5) is 0 Å². The number of likely N-dealkylation sites (N-methyl/N-ethyl adjacent to an activating group) is 1. The Morgan fingerprint density at radius 1 is 1.25 bits per heavy atom. The molecule has 2 heterocycles. The van der Waals surface area contributed by atoms with Gasteiger partial charge in [-0.05, 0) is 38.6 Å². The Bertz CT molecular complexity index is 380. The maximum Gasteiger partial charge on any atom is 0.161 e. The lowest BCUT2D eigenvalue weighted by atomic mass is 10.1. The average Bonchev–Trinajstić information content (AvgIpc) is 2.75. The summed E-state index contributed by atoms with van der Waals surface area (Å²) >= 11 is 0. The average molecular weight is 219 g/mol. The predicted molar refractivity (Wildman–Crippen MR) is 62.0 cm³/mol. The van der Waals surface area contributed by atoms with Gasteiger partial charge in [-0.2, -0.15) is 0 Å². The molecule has 0 saturated carbocycles. The summed E-state index contributed by atoms with van der Waals surface area (Å²) < 4.78 is 11.8. The van der Waals surface area contributed by atoms with Crippen molar-refractivity contribution in [1.82, 2.24) is 4.90 Å². The first kappa shape index (κ1) is 9.97. The molecule has 0 spiro atoms. The molecule has 0 aliphatic carbocycles. The van der Waals surface area contributed by atoms with Crippen LogP contribution in [0, 0.1) is 0 Å². The topological polar surface area (TPSA) is 21.7 Å². The SMILES string of the molecule is CN1CCC[C@H]1[C@@H]1COc2ccccc2O1. The summed E-state index contributed by atoms with van der Waals surface area (Å²) in [6, 6.07) is 8.42. The van der Waals surface area contributed by atoms with Crippen molar-refractivity contribution in [2.75, 3.05) is 20.2 Å². The van der Waals surface area contributed by atoms with Crippen molar-refractivity contribution < 1.29 is 9.47 Å². The highest BCUT2D eigenvalue weighted by molar-refractivity contribution is 5.40. The number of hydrogen-bond donors (Lipinski definition) is 0. The van der Waals surface area contributed by atoms with Crippen LogP contribution in [0.3, 0.4) is 0 Å². The van der Waals surface area contributed by atoms with Crippen molar-refractivity contribution in [3.8, 4) is 11.5 Å². The van der Waals surface area contributed by atoms with E-state index in [4.69, 9.17) is 9.47 Å². The fourth-order valence-corrected chi connectivity index (χ4v) is 2.63. The molecule has 2 atom stereocenters. The zero-order valence-electron chi connectivity index (χ0n) is 9.56. The van der Waals surface area contributed by atoms with Gasteiger partial charge in [-0.3, -0.25) is 4.90 Å². The minimum absolute atomic E-state index is 0.183. The van der Waals surface area contributed by atoms with E-state index in [0.29, 0.717) is 12.6 Å². The van der Waals surface area contributed by atoms with Gasteiger partial charge in [-0.1, -0.05) is 12.1 Å². The van der Waals surface area contributed by atoms with Crippen LogP contribution in [0.5, 0.6) is 11.5 Å². The summed E-state index contributed by atoms with van der Waals surface area (Å²) in [5, 5.41) is 0. The largest absolute Gasteiger partial charge is 0.486 e. The quantitative estimate of drug-likeness (QED) is 0.720. The second kappa shape index (κ2) is 3.98. The summed E-state index contributed by atoms with van der Waals surface area (Å²) in [6.45, 7) is 1.85. The van der Waals surface area contributed by atoms with Gasteiger partial charge in [0.2, 0.25) is 0 Å². The molecule has 16 heavy (non-hydrogen) atoms. The molecule has 2 aliphatic rings. The second-order valence-corrected chi connectivity index (χ2v) is 4.60. The predicted octanol–water partition coefficient (Wildman–Crippen LogP) is 1.92. The van der Waals surface area contributed by atoms with Gasteiger partial charge in [0.1, 0.15) is 12.7 Å². The van der Waals surface area contributed by atoms with Crippen LogP contribution in [0.1, 0.15) is 12.8 Å². The third-order valence-corrected chi connectivity index (χ3v) is 3.54. The van der Waals surface area contributed by atoms with E-state index in [1.54, 1.807) is 0 Å². The van der Waals surface area contributed by atoms with Gasteiger partial charge < -0.3 is 9.47 Å². The first-order valence-electron chi connectivity index (χ1n) is 5.93. The molecule has 2 aliphatic heterocycles. The van der Waals surface area contributed by atoms with Crippen LogP contribution < -0.4 is 9.47 Å². The third kappa shape index (κ3) is 1.65. The molecule has 1 aromatic carbocycles. The highest BCUT2D eigenvalue weighted by atomic mass is 16.6. The first-order valence-corrected chi connectivity index (χ1v) is 5.93. The maximum atomic E-state index is 6.02. The molecular weight excluding hydrogens is 202 g/mol. The van der Waals surface area contributed by atoms with Crippen LogP contribution in [-0.2, 0) is 0 Å². The van der Waals surface area contributed by atoms with Crippen molar-refractivity contribution in [3.63, 3.8) is 0 Å². The number of hydrogen-bond acceptors (Lipinski definition) is 3. The standard InChI is InChI=1S/C13H17NO2/c1-14-8-4-5-10(14)13-9-15-11-6-2-3-7-12(11)16-13/h2-3,6-7,10,13H,4-5,8-9H2,1H3/t10-,13-/m0/s1. The van der Waals surface area contributed by atoms with E-state index in [9.17, 15) is 0 Å². The van der Waals surface area contributed by atoms with Gasteiger partial charge in [-0.25, -0.2) is 0 Å². The molecule has 0 unspecified atom stereocenters. The lowest BCUT2D eigenvalue weighted by molar-refractivity contribution is 0.0369. The summed E-state index contributed by atoms with van der Waals surface area (Å²) in [7, 11) is 2.17. The normalized spacial score (nSPS) is 29.3. The Balaban J connectivity index is 1.77. The molecule has 0 N–H and O–H groups in total. The third-order valence-electron chi connectivity index (χ3n) is 3.54. The maximum absolute atomic E-state index is 6.02. The van der Waals surface area contributed by atoms with Gasteiger partial charge >= 0.3 is 0 Å². The van der Waals surface area contributed by atoms with Crippen molar-refractivity contribution in [2.45, 2.75) is 25.0 Å². The Hall–Kier alpha value is -1.22. The van der Waals surface area contributed by atoms with E-state index in [-0.39, 0.29) is 6.10 Å². The molecule has 0 aromatic heterocycles. The molecule has 1 saturated heterocycles. The molecule has 1 fully saturated rings. The summed E-state index contributed by atoms with van der Waals surface area (Å²) in [6.07, 6.45) is 2.66. The molecule has 1 aromatic rings. The molecular formula is C13H17NO2. The summed E-state index contributed by atoms with van der Waals surface area (Å²) in [4.78, 5) is 2.38. The van der Waals surface area contributed by atoms with E-state index in [1.165, 1.54) is 19.4 Å². The Labute approximate surface area is 96.0 Å². The van der Waals surface area contributed by atoms with E-state index < -0.39 is 0 Å². The number of likely N-dealkylation sites (tertiary alicyclic amines) is 1. The van der Waals surface area contributed by atoms with E-state index in [2.05, 4.69) is 11.9 Å². The van der Waals surface area contributed by atoms with Crippen LogP contribution in [0.25, 0.3) is 0 Å². The molecule has 3 heteroatoms. The van der Waals surface area contributed by atoms with Gasteiger partial charge in [0.05, 0.1) is 0 Å². The van der Waals surface area contributed by atoms with Gasteiger partial charge in [0, 0.05) is 6.04 Å². The number of fused-ring (bicyclic) bond motifs is 1. The zero-order valence-corrected chi connectivity index (χ0v) is 9.56. The van der Waals surface area contributed by atoms with Gasteiger partial charge in [0.25, 0.3) is 0 Å². The highest BCUT2D eigenvalue weighted by Crippen LogP contribution is 2.33. The van der Waals surface area contributed by atoms with Crippen LogP contribution in [0.2, 0.25) is 0 Å². The van der Waals surface area contributed by atoms with Crippen molar-refractivity contribution in [2.24, 2.45) is 0 Å². The molecule has 0 amide bonds. The van der Waals surface area contributed by atoms with Crippen molar-refractivity contribution in [1.29, 1.82) is 0 Å². The van der Waals surface area contributed by atoms with E-state index >= 15 is 0 Å². The molecule has 3 rings (SSSR count). The molecule has 3 nitrogen and oxygen atoms in total. The lowest BCUT2D eigenvalue weighted by Crippen LogP contribution is -2.45. The lowest BCUT2D eigenvalue weighted by Gasteiger charge is -2.33. The zero-order chi connectivity index (χ0) is 11.0. The Kier molecular flexibility index (Phi) is 2.48. The van der Waals surface area contributed by atoms with Crippen molar-refractivity contribution >= 4 is 0 Å². The van der Waals surface area contributed by atoms with Gasteiger partial charge in [0.15, 0.2) is 11.5 Å². The van der Waals surface area contributed by atoms with Crippen LogP contribution in [0.15, 0.2) is 24.3 Å². The highest BCUT2D eigenvalue weighted by Gasteiger charge is 2.34. The number of nitrogens with zero attached hydrogens (tertiary/aromatic N) is 1. The monoisotopic (exact) mass is 219 g/mol. The number of rotatable bonds is 1. The molecule has 86 valence electrons. The Morgan fingerprint density at radius 2 is 2.06 bits per heavy atom.